The highest BCUT2D eigenvalue weighted by Gasteiger charge is 2.30. The van der Waals surface area contributed by atoms with Gasteiger partial charge < -0.3 is 10.4 Å². The molecule has 5 nitrogen and oxygen atoms in total. The molecule has 1 saturated heterocycles. The average Bonchev–Trinajstić information content (AvgIpc) is 2.74. The zero-order valence-corrected chi connectivity index (χ0v) is 12.2. The van der Waals surface area contributed by atoms with E-state index in [-0.39, 0.29) is 17.9 Å². The number of carbonyl (C=O) groups is 2. The second kappa shape index (κ2) is 6.89. The smallest absolute Gasteiger partial charge is 0.303 e. The molecule has 1 aliphatic heterocycles. The summed E-state index contributed by atoms with van der Waals surface area (Å²) in [6, 6.07) is 0. The number of nitrogens with zero attached hydrogens (tertiary/aromatic N) is 1. The molecule has 0 aromatic carbocycles. The number of hydrogen-bond acceptors (Lipinski definition) is 3. The van der Waals surface area contributed by atoms with Crippen LogP contribution in [-0.2, 0) is 9.59 Å². The van der Waals surface area contributed by atoms with E-state index in [0.29, 0.717) is 25.3 Å². The largest absolute Gasteiger partial charge is 0.481 e. The first kappa shape index (κ1) is 16.0. The molecule has 1 fully saturated rings. The highest BCUT2D eigenvalue weighted by molar-refractivity contribution is 5.76. The quantitative estimate of drug-likeness (QED) is 0.767. The van der Waals surface area contributed by atoms with E-state index < -0.39 is 5.97 Å². The number of hydrogen-bond donors (Lipinski definition) is 2. The summed E-state index contributed by atoms with van der Waals surface area (Å²) in [7, 11) is 0. The van der Waals surface area contributed by atoms with Gasteiger partial charge in [-0.2, -0.15) is 0 Å². The summed E-state index contributed by atoms with van der Waals surface area (Å²) in [5.74, 6) is -0.359. The molecule has 0 aromatic rings. The SMILES string of the molecule is CC(C)(C)N1CCC(CNC(=O)CCCC(=O)O)C1. The normalized spacial score (nSPS) is 20.5. The first-order valence-corrected chi connectivity index (χ1v) is 7.02. The van der Waals surface area contributed by atoms with Crippen LogP contribution >= 0.6 is 0 Å². The van der Waals surface area contributed by atoms with Crippen LogP contribution in [0.15, 0.2) is 0 Å². The van der Waals surface area contributed by atoms with Crippen LogP contribution in [0.2, 0.25) is 0 Å². The molecule has 0 bridgehead atoms. The number of nitrogens with one attached hydrogen (secondary N) is 1. The van der Waals surface area contributed by atoms with E-state index in [9.17, 15) is 9.59 Å². The molecule has 1 rings (SSSR count). The Morgan fingerprint density at radius 3 is 2.53 bits per heavy atom. The summed E-state index contributed by atoms with van der Waals surface area (Å²) in [6.45, 7) is 9.44. The van der Waals surface area contributed by atoms with E-state index in [1.165, 1.54) is 0 Å². The highest BCUT2D eigenvalue weighted by atomic mass is 16.4. The lowest BCUT2D eigenvalue weighted by Gasteiger charge is -2.31. The number of carbonyl (C=O) groups excluding carboxylic acids is 1. The minimum Gasteiger partial charge on any atom is -0.481 e. The van der Waals surface area contributed by atoms with Crippen LogP contribution in [0, 0.1) is 5.92 Å². The van der Waals surface area contributed by atoms with Crippen molar-refractivity contribution in [1.29, 1.82) is 0 Å². The Morgan fingerprint density at radius 2 is 2.00 bits per heavy atom. The van der Waals surface area contributed by atoms with Crippen molar-refractivity contribution >= 4 is 11.9 Å². The second-order valence-corrected chi connectivity index (χ2v) is 6.32. The van der Waals surface area contributed by atoms with Gasteiger partial charge in [-0.15, -0.1) is 0 Å². The monoisotopic (exact) mass is 270 g/mol. The Labute approximate surface area is 115 Å². The van der Waals surface area contributed by atoms with Gasteiger partial charge in [-0.05, 0) is 46.1 Å². The van der Waals surface area contributed by atoms with Crippen molar-refractivity contribution in [2.24, 2.45) is 5.92 Å². The van der Waals surface area contributed by atoms with Gasteiger partial charge in [0.2, 0.25) is 5.91 Å². The van der Waals surface area contributed by atoms with E-state index in [1.54, 1.807) is 0 Å². The Kier molecular flexibility index (Phi) is 5.79. The number of amides is 1. The third-order valence-corrected chi connectivity index (χ3v) is 3.62. The maximum atomic E-state index is 11.5. The average molecular weight is 270 g/mol. The fourth-order valence-corrected chi connectivity index (χ4v) is 2.36. The van der Waals surface area contributed by atoms with Gasteiger partial charge in [0.05, 0.1) is 0 Å². The van der Waals surface area contributed by atoms with Crippen LogP contribution in [0.3, 0.4) is 0 Å². The summed E-state index contributed by atoms with van der Waals surface area (Å²) in [6.07, 6.45) is 1.91. The molecule has 0 aromatic heterocycles. The predicted molar refractivity (Wildman–Crippen MR) is 73.9 cm³/mol. The Hall–Kier alpha value is -1.10. The molecule has 0 saturated carbocycles. The first-order valence-electron chi connectivity index (χ1n) is 7.02. The van der Waals surface area contributed by atoms with Gasteiger partial charge in [-0.1, -0.05) is 0 Å². The number of aliphatic carboxylic acids is 1. The van der Waals surface area contributed by atoms with E-state index in [4.69, 9.17) is 5.11 Å². The fraction of sp³-hybridized carbons (Fsp3) is 0.857. The predicted octanol–water partition coefficient (Wildman–Crippen LogP) is 1.48. The van der Waals surface area contributed by atoms with E-state index in [0.717, 1.165) is 19.5 Å². The Balaban J connectivity index is 2.16. The lowest BCUT2D eigenvalue weighted by Crippen LogP contribution is -2.40. The summed E-state index contributed by atoms with van der Waals surface area (Å²) >= 11 is 0. The molecule has 19 heavy (non-hydrogen) atoms. The van der Waals surface area contributed by atoms with Crippen molar-refractivity contribution in [2.75, 3.05) is 19.6 Å². The van der Waals surface area contributed by atoms with E-state index in [1.807, 2.05) is 0 Å². The minimum absolute atomic E-state index is 0.0320. The van der Waals surface area contributed by atoms with Gasteiger partial charge in [-0.25, -0.2) is 0 Å². The molecular formula is C14H26N2O3. The van der Waals surface area contributed by atoms with Gasteiger partial charge in [0.25, 0.3) is 0 Å². The molecule has 1 aliphatic rings. The standard InChI is InChI=1S/C14H26N2O3/c1-14(2,3)16-8-7-11(10-16)9-15-12(17)5-4-6-13(18)19/h11H,4-10H2,1-3H3,(H,15,17)(H,18,19). The lowest BCUT2D eigenvalue weighted by atomic mass is 10.1. The van der Waals surface area contributed by atoms with Crippen molar-refractivity contribution in [1.82, 2.24) is 10.2 Å². The summed E-state index contributed by atoms with van der Waals surface area (Å²) < 4.78 is 0. The van der Waals surface area contributed by atoms with Gasteiger partial charge in [0.1, 0.15) is 0 Å². The topological polar surface area (TPSA) is 69.6 Å². The van der Waals surface area contributed by atoms with Gasteiger partial charge in [0, 0.05) is 31.5 Å². The molecular weight excluding hydrogens is 244 g/mol. The number of carboxylic acids is 1. The van der Waals surface area contributed by atoms with Crippen molar-refractivity contribution in [3.05, 3.63) is 0 Å². The Bertz CT molecular complexity index is 323. The molecule has 1 atom stereocenters. The zero-order valence-electron chi connectivity index (χ0n) is 12.2. The summed E-state index contributed by atoms with van der Waals surface area (Å²) in [5.41, 5.74) is 0.195. The molecule has 1 heterocycles. The molecule has 110 valence electrons. The highest BCUT2D eigenvalue weighted by Crippen LogP contribution is 2.23. The molecule has 1 amide bonds. The van der Waals surface area contributed by atoms with Crippen molar-refractivity contribution in [3.63, 3.8) is 0 Å². The van der Waals surface area contributed by atoms with Crippen LogP contribution in [0.4, 0.5) is 0 Å². The number of likely N-dealkylation sites (tertiary alicyclic amines) is 1. The summed E-state index contributed by atoms with van der Waals surface area (Å²) in [4.78, 5) is 24.3. The Morgan fingerprint density at radius 1 is 1.32 bits per heavy atom. The fourth-order valence-electron chi connectivity index (χ4n) is 2.36. The van der Waals surface area contributed by atoms with Crippen molar-refractivity contribution in [2.45, 2.75) is 52.0 Å². The van der Waals surface area contributed by atoms with Crippen LogP contribution in [0.5, 0.6) is 0 Å². The number of rotatable bonds is 6. The molecule has 2 N–H and O–H groups in total. The van der Waals surface area contributed by atoms with Gasteiger partial charge in [0.15, 0.2) is 0 Å². The van der Waals surface area contributed by atoms with Crippen molar-refractivity contribution < 1.29 is 14.7 Å². The van der Waals surface area contributed by atoms with Gasteiger partial charge in [-0.3, -0.25) is 14.5 Å². The molecule has 0 spiro atoms. The molecule has 5 heteroatoms. The van der Waals surface area contributed by atoms with E-state index >= 15 is 0 Å². The molecule has 1 unspecified atom stereocenters. The maximum Gasteiger partial charge on any atom is 0.303 e. The second-order valence-electron chi connectivity index (χ2n) is 6.32. The summed E-state index contributed by atoms with van der Waals surface area (Å²) in [5, 5.41) is 11.4. The zero-order chi connectivity index (χ0) is 14.5. The first-order chi connectivity index (χ1) is 8.79. The van der Waals surface area contributed by atoms with Crippen LogP contribution in [0.25, 0.3) is 0 Å². The lowest BCUT2D eigenvalue weighted by molar-refractivity contribution is -0.137. The number of carboxylic acid groups (broad SMARTS) is 1. The minimum atomic E-state index is -0.843. The molecule has 0 aliphatic carbocycles. The van der Waals surface area contributed by atoms with Crippen molar-refractivity contribution in [3.8, 4) is 0 Å². The van der Waals surface area contributed by atoms with E-state index in [2.05, 4.69) is 31.0 Å². The maximum absolute atomic E-state index is 11.5. The third-order valence-electron chi connectivity index (χ3n) is 3.62. The van der Waals surface area contributed by atoms with Crippen LogP contribution in [0.1, 0.15) is 46.5 Å². The van der Waals surface area contributed by atoms with Gasteiger partial charge >= 0.3 is 5.97 Å². The van der Waals surface area contributed by atoms with Crippen LogP contribution in [-0.4, -0.2) is 47.1 Å². The van der Waals surface area contributed by atoms with Crippen LogP contribution < -0.4 is 5.32 Å². The molecule has 0 radical (unpaired) electrons. The third kappa shape index (κ3) is 6.05.